The van der Waals surface area contributed by atoms with Gasteiger partial charge in [-0.2, -0.15) is 0 Å². The van der Waals surface area contributed by atoms with Crippen LogP contribution in [0.25, 0.3) is 11.3 Å². The van der Waals surface area contributed by atoms with Gasteiger partial charge in [-0.05, 0) is 48.4 Å². The van der Waals surface area contributed by atoms with E-state index in [1.54, 1.807) is 18.2 Å². The highest BCUT2D eigenvalue weighted by atomic mass is 35.5. The number of aromatic nitrogens is 2. The number of hydrogen-bond donors (Lipinski definition) is 1. The smallest absolute Gasteiger partial charge is 0.251 e. The lowest BCUT2D eigenvalue weighted by Gasteiger charge is -2.08. The van der Waals surface area contributed by atoms with Gasteiger partial charge in [-0.1, -0.05) is 54.1 Å². The van der Waals surface area contributed by atoms with E-state index in [2.05, 4.69) is 15.3 Å². The Labute approximate surface area is 185 Å². The van der Waals surface area contributed by atoms with Crippen LogP contribution in [0, 0.1) is 0 Å². The molecule has 0 aliphatic carbocycles. The van der Waals surface area contributed by atoms with E-state index in [-0.39, 0.29) is 5.91 Å². The van der Waals surface area contributed by atoms with Gasteiger partial charge in [0.1, 0.15) is 12.1 Å². The minimum absolute atomic E-state index is 0.115. The molecular weight excluding hydrogens is 410 g/mol. The first-order valence-electron chi connectivity index (χ1n) is 9.85. The number of halogens is 1. The Hall–Kier alpha value is -3.70. The molecule has 1 N–H and O–H groups in total. The largest absolute Gasteiger partial charge is 0.439 e. The third-order valence-electron chi connectivity index (χ3n) is 4.66. The molecule has 154 valence electrons. The van der Waals surface area contributed by atoms with E-state index in [9.17, 15) is 4.79 Å². The maximum atomic E-state index is 12.4. The van der Waals surface area contributed by atoms with E-state index in [0.29, 0.717) is 28.8 Å². The average Bonchev–Trinajstić information content (AvgIpc) is 2.81. The highest BCUT2D eigenvalue weighted by Gasteiger charge is 2.08. The normalized spacial score (nSPS) is 10.5. The number of carbonyl (C=O) groups is 1. The molecule has 0 bridgehead atoms. The minimum Gasteiger partial charge on any atom is -0.439 e. The summed E-state index contributed by atoms with van der Waals surface area (Å²) in [5.41, 5.74) is 3.31. The van der Waals surface area contributed by atoms with Crippen LogP contribution in [0.15, 0.2) is 91.3 Å². The summed E-state index contributed by atoms with van der Waals surface area (Å²) in [7, 11) is 0. The predicted molar refractivity (Wildman–Crippen MR) is 121 cm³/mol. The van der Waals surface area contributed by atoms with Crippen LogP contribution in [-0.4, -0.2) is 22.4 Å². The molecule has 0 spiro atoms. The number of amides is 1. The summed E-state index contributed by atoms with van der Waals surface area (Å²) in [6.07, 6.45) is 2.21. The molecular formula is C25H20ClN3O2. The summed E-state index contributed by atoms with van der Waals surface area (Å²) in [6.45, 7) is 0.550. The van der Waals surface area contributed by atoms with Crippen LogP contribution in [0.2, 0.25) is 5.02 Å². The summed E-state index contributed by atoms with van der Waals surface area (Å²) >= 11 is 5.89. The number of benzene rings is 3. The highest BCUT2D eigenvalue weighted by molar-refractivity contribution is 6.30. The van der Waals surface area contributed by atoms with Crippen molar-refractivity contribution in [3.8, 4) is 22.9 Å². The second-order valence-electron chi connectivity index (χ2n) is 6.87. The van der Waals surface area contributed by atoms with E-state index >= 15 is 0 Å². The molecule has 31 heavy (non-hydrogen) atoms. The molecule has 1 heterocycles. The van der Waals surface area contributed by atoms with E-state index in [1.165, 1.54) is 6.33 Å². The summed E-state index contributed by atoms with van der Waals surface area (Å²) in [5, 5.41) is 3.64. The van der Waals surface area contributed by atoms with Crippen molar-refractivity contribution in [2.45, 2.75) is 6.42 Å². The number of nitrogens with zero attached hydrogens (tertiary/aromatic N) is 2. The van der Waals surface area contributed by atoms with Gasteiger partial charge in [-0.3, -0.25) is 4.79 Å². The van der Waals surface area contributed by atoms with Crippen LogP contribution in [0.1, 0.15) is 15.9 Å². The number of ether oxygens (including phenoxy) is 1. The first-order chi connectivity index (χ1) is 15.2. The van der Waals surface area contributed by atoms with Crippen LogP contribution in [0.5, 0.6) is 11.6 Å². The van der Waals surface area contributed by atoms with Crippen LogP contribution < -0.4 is 10.1 Å². The number of carbonyl (C=O) groups excluding carboxylic acids is 1. The van der Waals surface area contributed by atoms with Crippen LogP contribution in [0.3, 0.4) is 0 Å². The zero-order chi connectivity index (χ0) is 21.5. The minimum atomic E-state index is -0.115. The number of rotatable bonds is 7. The van der Waals surface area contributed by atoms with Crippen molar-refractivity contribution >= 4 is 17.5 Å². The van der Waals surface area contributed by atoms with Crippen LogP contribution in [-0.2, 0) is 6.42 Å². The maximum absolute atomic E-state index is 12.4. The molecule has 6 heteroatoms. The van der Waals surface area contributed by atoms with Crippen molar-refractivity contribution < 1.29 is 9.53 Å². The Morgan fingerprint density at radius 3 is 2.39 bits per heavy atom. The zero-order valence-corrected chi connectivity index (χ0v) is 17.4. The molecule has 0 aliphatic rings. The van der Waals surface area contributed by atoms with Crippen molar-refractivity contribution in [1.82, 2.24) is 15.3 Å². The van der Waals surface area contributed by atoms with Crippen molar-refractivity contribution in [1.29, 1.82) is 0 Å². The Balaban J connectivity index is 1.37. The summed E-state index contributed by atoms with van der Waals surface area (Å²) in [5.74, 6) is 1.05. The molecule has 0 saturated heterocycles. The Bertz CT molecular complexity index is 1150. The standard InChI is InChI=1S/C25H20ClN3O2/c26-21-12-6-18(7-13-21)14-15-27-25(30)20-10-8-19(9-11-20)23-16-24(29-17-28-23)31-22-4-2-1-3-5-22/h1-13,16-17H,14-15H2,(H,27,30). The lowest BCUT2D eigenvalue weighted by molar-refractivity contribution is 0.0954. The molecule has 5 nitrogen and oxygen atoms in total. The van der Waals surface area contributed by atoms with Crippen molar-refractivity contribution in [2.75, 3.05) is 6.54 Å². The van der Waals surface area contributed by atoms with E-state index in [1.807, 2.05) is 66.7 Å². The second-order valence-corrected chi connectivity index (χ2v) is 7.30. The predicted octanol–water partition coefficient (Wildman–Crippen LogP) is 5.56. The van der Waals surface area contributed by atoms with Gasteiger partial charge in [0.05, 0.1) is 5.69 Å². The van der Waals surface area contributed by atoms with Gasteiger partial charge in [-0.15, -0.1) is 0 Å². The number of para-hydroxylation sites is 1. The third-order valence-corrected chi connectivity index (χ3v) is 4.91. The Morgan fingerprint density at radius 1 is 0.903 bits per heavy atom. The van der Waals surface area contributed by atoms with Crippen LogP contribution in [0.4, 0.5) is 0 Å². The molecule has 4 rings (SSSR count). The fourth-order valence-electron chi connectivity index (χ4n) is 3.03. The summed E-state index contributed by atoms with van der Waals surface area (Å²) < 4.78 is 5.77. The lowest BCUT2D eigenvalue weighted by atomic mass is 10.1. The maximum Gasteiger partial charge on any atom is 0.251 e. The number of hydrogen-bond acceptors (Lipinski definition) is 4. The third kappa shape index (κ3) is 5.68. The molecule has 0 unspecified atom stereocenters. The average molecular weight is 430 g/mol. The molecule has 0 aliphatic heterocycles. The van der Waals surface area contributed by atoms with Crippen LogP contribution >= 0.6 is 11.6 Å². The molecule has 0 radical (unpaired) electrons. The second kappa shape index (κ2) is 9.87. The van der Waals surface area contributed by atoms with Crippen molar-refractivity contribution in [3.05, 3.63) is 107 Å². The quantitative estimate of drug-likeness (QED) is 0.417. The fourth-order valence-corrected chi connectivity index (χ4v) is 3.15. The summed E-state index contributed by atoms with van der Waals surface area (Å²) in [6, 6.07) is 26.1. The SMILES string of the molecule is O=C(NCCc1ccc(Cl)cc1)c1ccc(-c2cc(Oc3ccccc3)ncn2)cc1. The monoisotopic (exact) mass is 429 g/mol. The zero-order valence-electron chi connectivity index (χ0n) is 16.7. The Morgan fingerprint density at radius 2 is 1.65 bits per heavy atom. The fraction of sp³-hybridized carbons (Fsp3) is 0.0800. The van der Waals surface area contributed by atoms with Gasteiger partial charge in [0, 0.05) is 28.8 Å². The van der Waals surface area contributed by atoms with E-state index in [4.69, 9.17) is 16.3 Å². The lowest BCUT2D eigenvalue weighted by Crippen LogP contribution is -2.25. The molecule has 1 amide bonds. The molecule has 0 atom stereocenters. The van der Waals surface area contributed by atoms with Gasteiger partial charge in [0.2, 0.25) is 5.88 Å². The Kier molecular flexibility index (Phi) is 6.55. The van der Waals surface area contributed by atoms with E-state index in [0.717, 1.165) is 23.2 Å². The van der Waals surface area contributed by atoms with Gasteiger partial charge < -0.3 is 10.1 Å². The molecule has 3 aromatic carbocycles. The van der Waals surface area contributed by atoms with Gasteiger partial charge >= 0.3 is 0 Å². The summed E-state index contributed by atoms with van der Waals surface area (Å²) in [4.78, 5) is 20.9. The molecule has 1 aromatic heterocycles. The van der Waals surface area contributed by atoms with Gasteiger partial charge in [-0.25, -0.2) is 9.97 Å². The number of nitrogens with one attached hydrogen (secondary N) is 1. The molecule has 4 aromatic rings. The highest BCUT2D eigenvalue weighted by Crippen LogP contribution is 2.24. The van der Waals surface area contributed by atoms with Gasteiger partial charge in [0.15, 0.2) is 0 Å². The van der Waals surface area contributed by atoms with E-state index < -0.39 is 0 Å². The molecule has 0 fully saturated rings. The first-order valence-corrected chi connectivity index (χ1v) is 10.2. The first kappa shape index (κ1) is 20.6. The molecule has 0 saturated carbocycles. The topological polar surface area (TPSA) is 64.1 Å². The van der Waals surface area contributed by atoms with Crippen molar-refractivity contribution in [3.63, 3.8) is 0 Å². The van der Waals surface area contributed by atoms with Crippen molar-refractivity contribution in [2.24, 2.45) is 0 Å². The van der Waals surface area contributed by atoms with Gasteiger partial charge in [0.25, 0.3) is 5.91 Å².